The van der Waals surface area contributed by atoms with Crippen LogP contribution in [-0.2, 0) is 0 Å². The highest BCUT2D eigenvalue weighted by atomic mass is 19.1. The summed E-state index contributed by atoms with van der Waals surface area (Å²) in [4.78, 5) is 12.0. The van der Waals surface area contributed by atoms with Gasteiger partial charge >= 0.3 is 0 Å². The average molecular weight is 305 g/mol. The van der Waals surface area contributed by atoms with Crippen LogP contribution in [0.1, 0.15) is 29.5 Å². The molecule has 0 saturated carbocycles. The summed E-state index contributed by atoms with van der Waals surface area (Å²) in [5.74, 6) is 0.461. The molecule has 2 aromatic rings. The Bertz CT molecular complexity index is 635. The number of carbonyl (C=O) groups excluding carboxylic acids is 1. The van der Waals surface area contributed by atoms with Crippen LogP contribution < -0.4 is 10.1 Å². The minimum absolute atomic E-state index is 0.295. The molecule has 1 N–H and O–H groups in total. The first-order valence-corrected chi connectivity index (χ1v) is 7.14. The largest absolute Gasteiger partial charge is 0.497 e. The fourth-order valence-electron chi connectivity index (χ4n) is 2.05. The molecule has 0 aliphatic rings. The molecule has 5 nitrogen and oxygen atoms in total. The van der Waals surface area contributed by atoms with Crippen molar-refractivity contribution in [1.29, 1.82) is 0 Å². The number of hydrogen-bond acceptors (Lipinski definition) is 3. The van der Waals surface area contributed by atoms with Crippen molar-refractivity contribution in [2.24, 2.45) is 0 Å². The average Bonchev–Trinajstić information content (AvgIpc) is 2.89. The van der Waals surface area contributed by atoms with Crippen molar-refractivity contribution in [2.75, 3.05) is 13.7 Å². The van der Waals surface area contributed by atoms with Crippen molar-refractivity contribution in [3.8, 4) is 11.4 Å². The minimum atomic E-state index is -0.932. The lowest BCUT2D eigenvalue weighted by atomic mass is 10.3. The van der Waals surface area contributed by atoms with E-state index in [2.05, 4.69) is 10.4 Å². The topological polar surface area (TPSA) is 56.2 Å². The molecule has 1 aromatic heterocycles. The van der Waals surface area contributed by atoms with Crippen LogP contribution in [0.3, 0.4) is 0 Å². The predicted octanol–water partition coefficient (Wildman–Crippen LogP) is 2.67. The number of rotatable bonds is 6. The summed E-state index contributed by atoms with van der Waals surface area (Å²) in [5, 5.41) is 6.97. The summed E-state index contributed by atoms with van der Waals surface area (Å²) in [6.45, 7) is 3.64. The summed E-state index contributed by atoms with van der Waals surface area (Å²) in [6.07, 6.45) is -0.636. The predicted molar refractivity (Wildman–Crippen MR) is 82.4 cm³/mol. The number of nitrogens with zero attached hydrogens (tertiary/aromatic N) is 2. The summed E-state index contributed by atoms with van der Waals surface area (Å²) < 4.78 is 19.5. The molecule has 0 unspecified atom stereocenters. The van der Waals surface area contributed by atoms with Gasteiger partial charge in [-0.15, -0.1) is 0 Å². The third-order valence-electron chi connectivity index (χ3n) is 3.26. The molecule has 0 fully saturated rings. The van der Waals surface area contributed by atoms with E-state index in [1.54, 1.807) is 17.9 Å². The highest BCUT2D eigenvalue weighted by Gasteiger charge is 2.13. The Labute approximate surface area is 129 Å². The molecule has 2 rings (SSSR count). The lowest BCUT2D eigenvalue weighted by Crippen LogP contribution is -2.26. The second kappa shape index (κ2) is 7.06. The van der Waals surface area contributed by atoms with Gasteiger partial charge in [0, 0.05) is 12.2 Å². The number of hydrogen-bond donors (Lipinski definition) is 1. The van der Waals surface area contributed by atoms with Crippen LogP contribution in [0.5, 0.6) is 5.75 Å². The maximum atomic E-state index is 12.7. The van der Waals surface area contributed by atoms with Gasteiger partial charge in [-0.05, 0) is 50.6 Å². The lowest BCUT2D eigenvalue weighted by Gasteiger charge is -2.06. The number of ether oxygens (including phenoxy) is 1. The van der Waals surface area contributed by atoms with E-state index in [4.69, 9.17) is 4.74 Å². The van der Waals surface area contributed by atoms with E-state index in [9.17, 15) is 9.18 Å². The van der Waals surface area contributed by atoms with Gasteiger partial charge in [-0.3, -0.25) is 4.79 Å². The van der Waals surface area contributed by atoms with Gasteiger partial charge in [0.1, 0.15) is 5.75 Å². The van der Waals surface area contributed by atoms with E-state index >= 15 is 0 Å². The Morgan fingerprint density at radius 1 is 1.41 bits per heavy atom. The number of nitrogens with one attached hydrogen (secondary N) is 1. The molecule has 6 heteroatoms. The molecule has 1 amide bonds. The molecule has 0 aliphatic heterocycles. The first kappa shape index (κ1) is 16.0. The van der Waals surface area contributed by atoms with Crippen LogP contribution in [0.15, 0.2) is 30.3 Å². The maximum Gasteiger partial charge on any atom is 0.271 e. The Morgan fingerprint density at radius 3 is 2.68 bits per heavy atom. The van der Waals surface area contributed by atoms with Crippen molar-refractivity contribution in [2.45, 2.75) is 26.4 Å². The van der Waals surface area contributed by atoms with Gasteiger partial charge in [-0.25, -0.2) is 9.07 Å². The molecule has 0 spiro atoms. The minimum Gasteiger partial charge on any atom is -0.497 e. The first-order valence-electron chi connectivity index (χ1n) is 7.14. The second-order valence-corrected chi connectivity index (χ2v) is 5.11. The molecule has 0 aliphatic carbocycles. The Morgan fingerprint density at radius 2 is 2.09 bits per heavy atom. The fourth-order valence-corrected chi connectivity index (χ4v) is 2.05. The number of alkyl halides is 1. The molecule has 1 aromatic carbocycles. The third kappa shape index (κ3) is 3.84. The maximum absolute atomic E-state index is 12.7. The monoisotopic (exact) mass is 305 g/mol. The van der Waals surface area contributed by atoms with Crippen LogP contribution in [0.2, 0.25) is 0 Å². The van der Waals surface area contributed by atoms with Crippen molar-refractivity contribution < 1.29 is 13.9 Å². The third-order valence-corrected chi connectivity index (χ3v) is 3.26. The number of halogens is 1. The van der Waals surface area contributed by atoms with Gasteiger partial charge in [0.15, 0.2) is 5.69 Å². The van der Waals surface area contributed by atoms with Crippen LogP contribution in [0.4, 0.5) is 4.39 Å². The van der Waals surface area contributed by atoms with E-state index < -0.39 is 6.17 Å². The summed E-state index contributed by atoms with van der Waals surface area (Å²) in [6, 6.07) is 9.10. The summed E-state index contributed by atoms with van der Waals surface area (Å²) in [5.41, 5.74) is 2.00. The van der Waals surface area contributed by atoms with Crippen LogP contribution in [0.25, 0.3) is 5.69 Å². The zero-order valence-electron chi connectivity index (χ0n) is 13.0. The fraction of sp³-hybridized carbons (Fsp3) is 0.375. The number of carbonyl (C=O) groups is 1. The van der Waals surface area contributed by atoms with Crippen LogP contribution in [-0.4, -0.2) is 35.5 Å². The van der Waals surface area contributed by atoms with E-state index in [1.165, 1.54) is 6.92 Å². The van der Waals surface area contributed by atoms with Crippen LogP contribution in [0, 0.1) is 6.92 Å². The van der Waals surface area contributed by atoms with E-state index in [0.717, 1.165) is 17.1 Å². The van der Waals surface area contributed by atoms with Gasteiger partial charge in [-0.2, -0.15) is 5.10 Å². The van der Waals surface area contributed by atoms with Crippen LogP contribution >= 0.6 is 0 Å². The van der Waals surface area contributed by atoms with E-state index in [-0.39, 0.29) is 5.91 Å². The Kier molecular flexibility index (Phi) is 5.14. The zero-order chi connectivity index (χ0) is 16.1. The summed E-state index contributed by atoms with van der Waals surface area (Å²) in [7, 11) is 1.61. The lowest BCUT2D eigenvalue weighted by molar-refractivity contribution is 0.0945. The smallest absolute Gasteiger partial charge is 0.271 e. The number of aryl methyl sites for hydroxylation is 1. The highest BCUT2D eigenvalue weighted by Crippen LogP contribution is 2.16. The second-order valence-electron chi connectivity index (χ2n) is 5.11. The molecular formula is C16H20FN3O2. The molecule has 0 bridgehead atoms. The first-order chi connectivity index (χ1) is 10.5. The molecular weight excluding hydrogens is 285 g/mol. The van der Waals surface area contributed by atoms with Gasteiger partial charge in [0.2, 0.25) is 0 Å². The molecule has 1 atom stereocenters. The normalized spacial score (nSPS) is 12.0. The van der Waals surface area contributed by atoms with Gasteiger partial charge in [-0.1, -0.05) is 0 Å². The van der Waals surface area contributed by atoms with E-state index in [0.29, 0.717) is 18.7 Å². The number of benzene rings is 1. The number of methoxy groups -OCH3 is 1. The molecule has 0 saturated heterocycles. The molecule has 22 heavy (non-hydrogen) atoms. The summed E-state index contributed by atoms with van der Waals surface area (Å²) >= 11 is 0. The van der Waals surface area contributed by atoms with E-state index in [1.807, 2.05) is 31.2 Å². The Hall–Kier alpha value is -2.37. The van der Waals surface area contributed by atoms with Crippen molar-refractivity contribution >= 4 is 5.91 Å². The Balaban J connectivity index is 2.11. The zero-order valence-corrected chi connectivity index (χ0v) is 13.0. The van der Waals surface area contributed by atoms with Crippen molar-refractivity contribution in [3.05, 3.63) is 41.7 Å². The standard InChI is InChI=1S/C16H20FN3O2/c1-11(17)8-9-18-16(21)15-10-12(2)20(19-15)13-4-6-14(22-3)7-5-13/h4-7,10-11H,8-9H2,1-3H3,(H,18,21)/t11-/m0/s1. The van der Waals surface area contributed by atoms with Gasteiger partial charge < -0.3 is 10.1 Å². The SMILES string of the molecule is COc1ccc(-n2nc(C(=O)NCC[C@H](C)F)cc2C)cc1. The number of aromatic nitrogens is 2. The van der Waals surface area contributed by atoms with Crippen molar-refractivity contribution in [3.63, 3.8) is 0 Å². The highest BCUT2D eigenvalue weighted by molar-refractivity contribution is 5.92. The quantitative estimate of drug-likeness (QED) is 0.892. The van der Waals surface area contributed by atoms with Gasteiger partial charge in [0.25, 0.3) is 5.91 Å². The molecule has 118 valence electrons. The molecule has 1 heterocycles. The van der Waals surface area contributed by atoms with Gasteiger partial charge in [0.05, 0.1) is 19.0 Å². The number of amides is 1. The molecule has 0 radical (unpaired) electrons. The van der Waals surface area contributed by atoms with Crippen molar-refractivity contribution in [1.82, 2.24) is 15.1 Å².